The number of ether oxygens (including phenoxy) is 2. The van der Waals surface area contributed by atoms with E-state index in [0.29, 0.717) is 42.2 Å². The van der Waals surface area contributed by atoms with Crippen LogP contribution < -0.4 is 15.4 Å². The van der Waals surface area contributed by atoms with Crippen molar-refractivity contribution in [2.75, 3.05) is 56.6 Å². The van der Waals surface area contributed by atoms with E-state index in [1.165, 1.54) is 0 Å². The summed E-state index contributed by atoms with van der Waals surface area (Å²) in [5, 5.41) is 5.99. The Morgan fingerprint density at radius 2 is 2.00 bits per heavy atom. The maximum Gasteiger partial charge on any atom is 0.416 e. The summed E-state index contributed by atoms with van der Waals surface area (Å²) in [5.41, 5.74) is 3.15. The average Bonchev–Trinajstić information content (AvgIpc) is 3.61. The zero-order chi connectivity index (χ0) is 28.4. The second-order valence-electron chi connectivity index (χ2n) is 10.0. The Morgan fingerprint density at radius 3 is 2.83 bits per heavy atom. The fourth-order valence-electron chi connectivity index (χ4n) is 5.17. The monoisotopic (exact) mass is 566 g/mol. The number of carbonyl (C=O) groups excluding carboxylic acids is 1. The molecule has 4 aromatic rings. The molecule has 2 aliphatic heterocycles. The van der Waals surface area contributed by atoms with Gasteiger partial charge in [0.1, 0.15) is 12.4 Å². The Hall–Kier alpha value is -4.16. The molecule has 6 rings (SSSR count). The van der Waals surface area contributed by atoms with Crippen LogP contribution in [0, 0.1) is 0 Å². The topological polar surface area (TPSA) is 93.0 Å². The molecule has 2 aromatic carbocycles. The highest BCUT2D eigenvalue weighted by Gasteiger charge is 2.33. The third-order valence-corrected chi connectivity index (χ3v) is 7.39. The van der Waals surface area contributed by atoms with Gasteiger partial charge >= 0.3 is 6.18 Å². The smallest absolute Gasteiger partial charge is 0.416 e. The van der Waals surface area contributed by atoms with E-state index < -0.39 is 17.6 Å². The van der Waals surface area contributed by atoms with E-state index in [0.717, 1.165) is 49.4 Å². The first-order chi connectivity index (χ1) is 19.8. The standard InChI is InChI=1S/C29H29F3N6O3/c30-29(31,32)21-14-25(36-28(39)20-2-1-19-3-4-34-24(19)13-20)23(16-22-17-35-27-18-33-5-6-38(22)27)26(15-21)41-12-9-37-7-10-40-11-8-37/h1-2,5-6,13-15,17-18,34H,3-4,7-12,16H2,(H,36,39). The van der Waals surface area contributed by atoms with Crippen molar-refractivity contribution < 1.29 is 27.4 Å². The van der Waals surface area contributed by atoms with Gasteiger partial charge in [-0.1, -0.05) is 6.07 Å². The number of aromatic nitrogens is 3. The molecule has 0 bridgehead atoms. The van der Waals surface area contributed by atoms with Crippen LogP contribution in [0.15, 0.2) is 55.1 Å². The van der Waals surface area contributed by atoms with Crippen LogP contribution in [-0.2, 0) is 23.8 Å². The van der Waals surface area contributed by atoms with Gasteiger partial charge in [-0.15, -0.1) is 0 Å². The third kappa shape index (κ3) is 5.98. The zero-order valence-corrected chi connectivity index (χ0v) is 22.2. The highest BCUT2D eigenvalue weighted by molar-refractivity contribution is 6.05. The van der Waals surface area contributed by atoms with Crippen molar-refractivity contribution in [2.24, 2.45) is 0 Å². The minimum absolute atomic E-state index is 0.0312. The lowest BCUT2D eigenvalue weighted by Crippen LogP contribution is -2.38. The summed E-state index contributed by atoms with van der Waals surface area (Å²) in [6.45, 7) is 4.15. The number of carbonyl (C=O) groups is 1. The van der Waals surface area contributed by atoms with E-state index >= 15 is 0 Å². The maximum absolute atomic E-state index is 14.1. The van der Waals surface area contributed by atoms with Crippen molar-refractivity contribution in [1.29, 1.82) is 0 Å². The molecule has 1 amide bonds. The lowest BCUT2D eigenvalue weighted by molar-refractivity contribution is -0.137. The quantitative estimate of drug-likeness (QED) is 0.329. The molecule has 1 saturated heterocycles. The molecule has 2 aromatic heterocycles. The van der Waals surface area contributed by atoms with Crippen molar-refractivity contribution in [3.8, 4) is 5.75 Å². The second kappa shape index (κ2) is 11.4. The van der Waals surface area contributed by atoms with Crippen molar-refractivity contribution in [2.45, 2.75) is 19.0 Å². The van der Waals surface area contributed by atoms with E-state index in [1.54, 1.807) is 41.3 Å². The van der Waals surface area contributed by atoms with E-state index in [9.17, 15) is 18.0 Å². The van der Waals surface area contributed by atoms with Gasteiger partial charge in [0.05, 0.1) is 25.0 Å². The van der Waals surface area contributed by atoms with Gasteiger partial charge in [0.25, 0.3) is 5.91 Å². The first kappa shape index (κ1) is 27.0. The molecule has 214 valence electrons. The predicted octanol–water partition coefficient (Wildman–Crippen LogP) is 4.27. The molecule has 4 heterocycles. The molecule has 12 heteroatoms. The highest BCUT2D eigenvalue weighted by Crippen LogP contribution is 2.39. The molecule has 2 aliphatic rings. The van der Waals surface area contributed by atoms with E-state index in [1.807, 2.05) is 6.07 Å². The van der Waals surface area contributed by atoms with Gasteiger partial charge in [-0.05, 0) is 36.2 Å². The minimum atomic E-state index is -4.65. The summed E-state index contributed by atoms with van der Waals surface area (Å²) >= 11 is 0. The lowest BCUT2D eigenvalue weighted by atomic mass is 10.0. The maximum atomic E-state index is 14.1. The molecule has 0 radical (unpaired) electrons. The number of nitrogens with one attached hydrogen (secondary N) is 2. The van der Waals surface area contributed by atoms with Gasteiger partial charge in [0, 0.05) is 79.4 Å². The summed E-state index contributed by atoms with van der Waals surface area (Å²) in [6.07, 6.45) is 2.95. The number of fused-ring (bicyclic) bond motifs is 2. The van der Waals surface area contributed by atoms with Crippen LogP contribution in [-0.4, -0.2) is 71.2 Å². The molecule has 41 heavy (non-hydrogen) atoms. The number of hydrogen-bond acceptors (Lipinski definition) is 7. The predicted molar refractivity (Wildman–Crippen MR) is 147 cm³/mol. The van der Waals surface area contributed by atoms with Crippen molar-refractivity contribution in [1.82, 2.24) is 19.3 Å². The van der Waals surface area contributed by atoms with Crippen LogP contribution >= 0.6 is 0 Å². The van der Waals surface area contributed by atoms with Gasteiger partial charge in [-0.25, -0.2) is 4.98 Å². The minimum Gasteiger partial charge on any atom is -0.492 e. The number of benzene rings is 2. The van der Waals surface area contributed by atoms with Crippen molar-refractivity contribution >= 4 is 22.9 Å². The normalized spacial score (nSPS) is 15.5. The van der Waals surface area contributed by atoms with Gasteiger partial charge in [-0.2, -0.15) is 13.2 Å². The number of amides is 1. The van der Waals surface area contributed by atoms with Crippen LogP contribution in [0.2, 0.25) is 0 Å². The number of rotatable bonds is 8. The van der Waals surface area contributed by atoms with Gasteiger partial charge in [0.15, 0.2) is 5.65 Å². The molecule has 0 unspecified atom stereocenters. The van der Waals surface area contributed by atoms with Crippen LogP contribution in [0.1, 0.15) is 32.7 Å². The summed E-state index contributed by atoms with van der Waals surface area (Å²) < 4.78 is 55.4. The first-order valence-corrected chi connectivity index (χ1v) is 13.5. The van der Waals surface area contributed by atoms with Crippen molar-refractivity contribution in [3.05, 3.63) is 83.1 Å². The van der Waals surface area contributed by atoms with Gasteiger partial charge in [-0.3, -0.25) is 14.7 Å². The van der Waals surface area contributed by atoms with E-state index in [-0.39, 0.29) is 24.5 Å². The second-order valence-corrected chi connectivity index (χ2v) is 10.0. The number of nitrogens with zero attached hydrogens (tertiary/aromatic N) is 4. The number of alkyl halides is 3. The molecular formula is C29H29F3N6O3. The molecule has 0 aliphatic carbocycles. The Bertz CT molecular complexity index is 1570. The first-order valence-electron chi connectivity index (χ1n) is 13.5. The molecule has 0 saturated carbocycles. The third-order valence-electron chi connectivity index (χ3n) is 7.39. The van der Waals surface area contributed by atoms with Crippen molar-refractivity contribution in [3.63, 3.8) is 0 Å². The van der Waals surface area contributed by atoms with Crippen LogP contribution in [0.4, 0.5) is 24.5 Å². The van der Waals surface area contributed by atoms with Crippen LogP contribution in [0.3, 0.4) is 0 Å². The summed E-state index contributed by atoms with van der Waals surface area (Å²) in [7, 11) is 0. The number of halogens is 3. The summed E-state index contributed by atoms with van der Waals surface area (Å²) in [6, 6.07) is 7.25. The Balaban J connectivity index is 1.37. The zero-order valence-electron chi connectivity index (χ0n) is 22.2. The number of hydrogen-bond donors (Lipinski definition) is 2. The Kier molecular flexibility index (Phi) is 7.50. The number of imidazole rings is 1. The van der Waals surface area contributed by atoms with Crippen LogP contribution in [0.25, 0.3) is 5.65 Å². The van der Waals surface area contributed by atoms with Gasteiger partial charge in [0.2, 0.25) is 0 Å². The van der Waals surface area contributed by atoms with E-state index in [4.69, 9.17) is 9.47 Å². The van der Waals surface area contributed by atoms with Crippen LogP contribution in [0.5, 0.6) is 5.75 Å². The highest BCUT2D eigenvalue weighted by atomic mass is 19.4. The fourth-order valence-corrected chi connectivity index (χ4v) is 5.17. The average molecular weight is 567 g/mol. The Morgan fingerprint density at radius 1 is 1.15 bits per heavy atom. The number of anilines is 2. The van der Waals surface area contributed by atoms with Gasteiger partial charge < -0.3 is 24.5 Å². The molecule has 1 fully saturated rings. The largest absolute Gasteiger partial charge is 0.492 e. The number of morpholine rings is 1. The fraction of sp³-hybridized carbons (Fsp3) is 0.345. The molecule has 9 nitrogen and oxygen atoms in total. The summed E-state index contributed by atoms with van der Waals surface area (Å²) in [5.74, 6) is -0.452. The molecule has 0 atom stereocenters. The van der Waals surface area contributed by atoms with E-state index in [2.05, 4.69) is 25.5 Å². The summed E-state index contributed by atoms with van der Waals surface area (Å²) in [4.78, 5) is 23.9. The molecule has 0 spiro atoms. The SMILES string of the molecule is O=C(Nc1cc(C(F)(F)F)cc(OCCN2CCOCC2)c1Cc1cnc2cnccn12)c1ccc2c(c1)NCC2. The lowest BCUT2D eigenvalue weighted by Gasteiger charge is -2.27. The molecule has 2 N–H and O–H groups in total. The molecular weight excluding hydrogens is 537 g/mol. The Labute approximate surface area is 234 Å².